The summed E-state index contributed by atoms with van der Waals surface area (Å²) in [6, 6.07) is 3.40. The number of anilines is 1. The minimum atomic E-state index is -0.837. The van der Waals surface area contributed by atoms with Crippen LogP contribution >= 0.6 is 0 Å². The summed E-state index contributed by atoms with van der Waals surface area (Å²) in [5, 5.41) is 8.87. The molecular weight excluding hydrogens is 234 g/mol. The van der Waals surface area contributed by atoms with Crippen molar-refractivity contribution in [1.29, 1.82) is 0 Å². The molecule has 1 aliphatic heterocycles. The number of carbonyl (C=O) groups is 2. The first kappa shape index (κ1) is 12.3. The van der Waals surface area contributed by atoms with Crippen molar-refractivity contribution in [3.05, 3.63) is 24.0 Å². The molecule has 1 aromatic heterocycles. The van der Waals surface area contributed by atoms with Crippen LogP contribution in [0.25, 0.3) is 0 Å². The van der Waals surface area contributed by atoms with Gasteiger partial charge in [0.25, 0.3) is 0 Å². The van der Waals surface area contributed by atoms with Crippen LogP contribution in [0, 0.1) is 5.92 Å². The van der Waals surface area contributed by atoms with Crippen molar-refractivity contribution < 1.29 is 14.7 Å². The monoisotopic (exact) mass is 249 g/mol. The molecule has 6 nitrogen and oxygen atoms in total. The van der Waals surface area contributed by atoms with Gasteiger partial charge in [0, 0.05) is 18.8 Å². The smallest absolute Gasteiger partial charge is 0.308 e. The summed E-state index contributed by atoms with van der Waals surface area (Å²) in [6.45, 7) is 0.800. The molecule has 0 radical (unpaired) electrons. The normalized spacial score (nSPS) is 18.9. The van der Waals surface area contributed by atoms with E-state index in [4.69, 9.17) is 10.8 Å². The first-order valence-electron chi connectivity index (χ1n) is 5.77. The lowest BCUT2D eigenvalue weighted by Crippen LogP contribution is -2.31. The Labute approximate surface area is 104 Å². The Morgan fingerprint density at radius 1 is 1.50 bits per heavy atom. The van der Waals surface area contributed by atoms with Crippen LogP contribution in [-0.2, 0) is 16.0 Å². The molecule has 0 aliphatic carbocycles. The largest absolute Gasteiger partial charge is 0.481 e. The fourth-order valence-electron chi connectivity index (χ4n) is 2.00. The number of nitrogens with two attached hydrogens (primary N) is 1. The molecule has 0 bridgehead atoms. The van der Waals surface area contributed by atoms with Crippen molar-refractivity contribution in [3.63, 3.8) is 0 Å². The summed E-state index contributed by atoms with van der Waals surface area (Å²) in [5.41, 5.74) is 6.71. The molecule has 0 spiro atoms. The van der Waals surface area contributed by atoms with E-state index < -0.39 is 11.9 Å². The average molecular weight is 249 g/mol. The Bertz CT molecular complexity index is 458. The minimum absolute atomic E-state index is 0.0870. The number of hydrogen-bond acceptors (Lipinski definition) is 4. The fourth-order valence-corrected chi connectivity index (χ4v) is 2.00. The van der Waals surface area contributed by atoms with Crippen LogP contribution in [0.2, 0.25) is 0 Å². The Hall–Kier alpha value is -2.11. The van der Waals surface area contributed by atoms with Gasteiger partial charge >= 0.3 is 5.97 Å². The standard InChI is InChI=1S/C12H15N3O3/c13-9-1-2-10(14-6-9)5-11(16)15-4-3-8(7-15)12(17)18/h1-2,6,8H,3-5,7,13H2,(H,17,18). The second kappa shape index (κ2) is 5.03. The first-order chi connectivity index (χ1) is 8.56. The van der Waals surface area contributed by atoms with Crippen LogP contribution in [0.3, 0.4) is 0 Å². The van der Waals surface area contributed by atoms with E-state index in [2.05, 4.69) is 4.98 Å². The number of aromatic nitrogens is 1. The molecule has 1 aromatic rings. The number of amides is 1. The van der Waals surface area contributed by atoms with Crippen molar-refractivity contribution in [2.24, 2.45) is 5.92 Å². The van der Waals surface area contributed by atoms with E-state index in [1.54, 1.807) is 17.0 Å². The molecule has 1 fully saturated rings. The van der Waals surface area contributed by atoms with Gasteiger partial charge in [-0.3, -0.25) is 14.6 Å². The molecule has 1 saturated heterocycles. The van der Waals surface area contributed by atoms with Crippen LogP contribution in [0.5, 0.6) is 0 Å². The number of pyridine rings is 1. The Kier molecular flexibility index (Phi) is 3.45. The summed E-state index contributed by atoms with van der Waals surface area (Å²) >= 11 is 0. The van der Waals surface area contributed by atoms with Crippen LogP contribution in [0.15, 0.2) is 18.3 Å². The highest BCUT2D eigenvalue weighted by Gasteiger charge is 2.30. The van der Waals surface area contributed by atoms with E-state index in [9.17, 15) is 9.59 Å². The zero-order valence-electron chi connectivity index (χ0n) is 9.87. The van der Waals surface area contributed by atoms with Gasteiger partial charge in [-0.2, -0.15) is 0 Å². The third-order valence-electron chi connectivity index (χ3n) is 3.07. The molecule has 6 heteroatoms. The van der Waals surface area contributed by atoms with Crippen molar-refractivity contribution in [2.45, 2.75) is 12.8 Å². The lowest BCUT2D eigenvalue weighted by Gasteiger charge is -2.15. The maximum atomic E-state index is 11.9. The number of aliphatic carboxylic acids is 1. The number of carboxylic acid groups (broad SMARTS) is 1. The van der Waals surface area contributed by atoms with Crippen LogP contribution in [0.4, 0.5) is 5.69 Å². The van der Waals surface area contributed by atoms with Gasteiger partial charge in [-0.25, -0.2) is 0 Å². The predicted molar refractivity (Wildman–Crippen MR) is 64.7 cm³/mol. The highest BCUT2D eigenvalue weighted by Crippen LogP contribution is 2.17. The summed E-state index contributed by atoms with van der Waals surface area (Å²) in [6.07, 6.45) is 2.22. The molecule has 0 saturated carbocycles. The molecule has 1 unspecified atom stereocenters. The van der Waals surface area contributed by atoms with Crippen LogP contribution < -0.4 is 5.73 Å². The van der Waals surface area contributed by atoms with Crippen molar-refractivity contribution in [2.75, 3.05) is 18.8 Å². The average Bonchev–Trinajstić information content (AvgIpc) is 2.81. The fraction of sp³-hybridized carbons (Fsp3) is 0.417. The number of nitrogens with zero attached hydrogens (tertiary/aromatic N) is 2. The van der Waals surface area contributed by atoms with Gasteiger partial charge in [-0.15, -0.1) is 0 Å². The van der Waals surface area contributed by atoms with Gasteiger partial charge in [0.05, 0.1) is 24.2 Å². The van der Waals surface area contributed by atoms with Gasteiger partial charge in [-0.05, 0) is 18.6 Å². The Morgan fingerprint density at radius 3 is 2.83 bits per heavy atom. The van der Waals surface area contributed by atoms with Gasteiger partial charge < -0.3 is 15.7 Å². The van der Waals surface area contributed by atoms with E-state index in [-0.39, 0.29) is 12.3 Å². The summed E-state index contributed by atoms with van der Waals surface area (Å²) in [4.78, 5) is 28.4. The maximum Gasteiger partial charge on any atom is 0.308 e. The molecule has 2 heterocycles. The first-order valence-corrected chi connectivity index (χ1v) is 5.77. The minimum Gasteiger partial charge on any atom is -0.481 e. The molecule has 2 rings (SSSR count). The summed E-state index contributed by atoms with van der Waals surface area (Å²) in [5.74, 6) is -1.36. The number of likely N-dealkylation sites (tertiary alicyclic amines) is 1. The third kappa shape index (κ3) is 2.77. The topological polar surface area (TPSA) is 96.5 Å². The zero-order chi connectivity index (χ0) is 13.1. The van der Waals surface area contributed by atoms with Crippen molar-refractivity contribution >= 4 is 17.6 Å². The predicted octanol–water partition coefficient (Wildman–Crippen LogP) is 0.139. The van der Waals surface area contributed by atoms with E-state index in [1.165, 1.54) is 6.20 Å². The number of carboxylic acids is 1. The van der Waals surface area contributed by atoms with E-state index in [0.717, 1.165) is 0 Å². The van der Waals surface area contributed by atoms with Crippen LogP contribution in [0.1, 0.15) is 12.1 Å². The van der Waals surface area contributed by atoms with Gasteiger partial charge in [0.1, 0.15) is 0 Å². The maximum absolute atomic E-state index is 11.9. The number of hydrogen-bond donors (Lipinski definition) is 2. The third-order valence-corrected chi connectivity index (χ3v) is 3.07. The van der Waals surface area contributed by atoms with E-state index in [0.29, 0.717) is 30.9 Å². The molecule has 18 heavy (non-hydrogen) atoms. The molecule has 96 valence electrons. The molecule has 1 atom stereocenters. The van der Waals surface area contributed by atoms with Gasteiger partial charge in [-0.1, -0.05) is 0 Å². The lowest BCUT2D eigenvalue weighted by molar-refractivity contribution is -0.141. The molecule has 3 N–H and O–H groups in total. The highest BCUT2D eigenvalue weighted by atomic mass is 16.4. The molecule has 0 aromatic carbocycles. The summed E-state index contributed by atoms with van der Waals surface area (Å²) < 4.78 is 0. The zero-order valence-corrected chi connectivity index (χ0v) is 9.87. The second-order valence-corrected chi connectivity index (χ2v) is 4.42. The van der Waals surface area contributed by atoms with Crippen molar-refractivity contribution in [1.82, 2.24) is 9.88 Å². The second-order valence-electron chi connectivity index (χ2n) is 4.42. The van der Waals surface area contributed by atoms with Crippen molar-refractivity contribution in [3.8, 4) is 0 Å². The van der Waals surface area contributed by atoms with Crippen LogP contribution in [-0.4, -0.2) is 40.0 Å². The Morgan fingerprint density at radius 2 is 2.28 bits per heavy atom. The molecule has 1 amide bonds. The number of carbonyl (C=O) groups excluding carboxylic acids is 1. The Balaban J connectivity index is 1.93. The molecule has 1 aliphatic rings. The summed E-state index contributed by atoms with van der Waals surface area (Å²) in [7, 11) is 0. The van der Waals surface area contributed by atoms with Gasteiger partial charge in [0.2, 0.25) is 5.91 Å². The SMILES string of the molecule is Nc1ccc(CC(=O)N2CCC(C(=O)O)C2)nc1. The van der Waals surface area contributed by atoms with Gasteiger partial charge in [0.15, 0.2) is 0 Å². The highest BCUT2D eigenvalue weighted by molar-refractivity contribution is 5.80. The molecular formula is C12H15N3O3. The van der Waals surface area contributed by atoms with E-state index in [1.807, 2.05) is 0 Å². The van der Waals surface area contributed by atoms with E-state index >= 15 is 0 Å². The number of rotatable bonds is 3. The quantitative estimate of drug-likeness (QED) is 0.794. The number of nitrogen functional groups attached to an aromatic ring is 1. The lowest BCUT2D eigenvalue weighted by atomic mass is 10.1.